The van der Waals surface area contributed by atoms with Crippen LogP contribution in [-0.2, 0) is 14.4 Å². The van der Waals surface area contributed by atoms with Crippen LogP contribution in [0.15, 0.2) is 0 Å². The summed E-state index contributed by atoms with van der Waals surface area (Å²) in [5.74, 6) is 4.96. The number of nitrogens with zero attached hydrogens (tertiary/aromatic N) is 3. The third-order valence-electron chi connectivity index (χ3n) is 15.6. The summed E-state index contributed by atoms with van der Waals surface area (Å²) < 4.78 is 1.09. The molecule has 4 N–H and O–H groups in total. The minimum Gasteiger partial charge on any atom is -1.00 e. The zero-order valence-electron chi connectivity index (χ0n) is 39.7. The predicted molar refractivity (Wildman–Crippen MR) is 284 cm³/mol. The molecule has 0 spiro atoms. The third kappa shape index (κ3) is 28.2. The van der Waals surface area contributed by atoms with Crippen LogP contribution in [0.3, 0.4) is 0 Å². The molecule has 7 fully saturated rings. The van der Waals surface area contributed by atoms with E-state index in [1.54, 1.807) is 0 Å². The largest absolute Gasteiger partial charge is 1.00 e. The van der Waals surface area contributed by atoms with Crippen molar-refractivity contribution < 1.29 is 56.1 Å². The van der Waals surface area contributed by atoms with E-state index in [9.17, 15) is 14.4 Å². The van der Waals surface area contributed by atoms with Gasteiger partial charge in [-0.3, -0.25) is 24.2 Å². The monoisotopic (exact) mass is 1340 g/mol. The van der Waals surface area contributed by atoms with E-state index in [1.165, 1.54) is 103 Å². The summed E-state index contributed by atoms with van der Waals surface area (Å²) in [6.07, 6.45) is 25.7. The SMILES string of the molecule is C.C.C.CC1CCC(=O)CC1.CC1CCC(C)(N2CCC(=O)CC2)CC1.CC1CCC(C)(N2CCC(N)CC2)CC1.CC1CCC(N)CC1.CC[N+]1(C)CCC(=O)CC1.I[I-]I.[I-]. The van der Waals surface area contributed by atoms with Crippen molar-refractivity contribution >= 4 is 54.6 Å². The smallest absolute Gasteiger partial charge is 1.00 e. The molecule has 3 heterocycles. The summed E-state index contributed by atoms with van der Waals surface area (Å²) in [7, 11) is 2.23. The first-order valence-electron chi connectivity index (χ1n) is 24.1. The van der Waals surface area contributed by atoms with Crippen LogP contribution >= 0.6 is 37.2 Å². The Morgan fingerprint density at radius 2 is 0.841 bits per heavy atom. The van der Waals surface area contributed by atoms with Gasteiger partial charge in [-0.1, -0.05) is 50.0 Å². The van der Waals surface area contributed by atoms with Crippen molar-refractivity contribution in [2.45, 2.75) is 235 Å². The molecular weight excluding hydrogens is 1240 g/mol. The van der Waals surface area contributed by atoms with E-state index in [0.717, 1.165) is 112 Å². The van der Waals surface area contributed by atoms with E-state index in [4.69, 9.17) is 11.5 Å². The van der Waals surface area contributed by atoms with E-state index in [1.807, 2.05) is 0 Å². The molecule has 63 heavy (non-hydrogen) atoms. The van der Waals surface area contributed by atoms with Crippen LogP contribution in [0, 0.1) is 23.7 Å². The molecule has 0 aromatic heterocycles. The Morgan fingerprint density at radius 1 is 0.540 bits per heavy atom. The van der Waals surface area contributed by atoms with Gasteiger partial charge in [0.2, 0.25) is 0 Å². The average Bonchev–Trinajstić information content (AvgIpc) is 3.22. The summed E-state index contributed by atoms with van der Waals surface area (Å²) in [5.41, 5.74) is 12.6. The Balaban J connectivity index is -0.000000708. The minimum atomic E-state index is 0. The van der Waals surface area contributed by atoms with Crippen LogP contribution in [0.4, 0.5) is 0 Å². The number of piperidine rings is 3. The first-order chi connectivity index (χ1) is 27.9. The quantitative estimate of drug-likeness (QED) is 0.237. The first kappa shape index (κ1) is 69.0. The maximum absolute atomic E-state index is 11.2. The second-order valence-corrected chi connectivity index (χ2v) is 37.2. The number of nitrogens with two attached hydrogens (primary N) is 2. The van der Waals surface area contributed by atoms with E-state index in [2.05, 4.69) is 103 Å². The molecule has 0 aromatic rings. The van der Waals surface area contributed by atoms with Gasteiger partial charge in [-0.2, -0.15) is 0 Å². The molecule has 0 atom stereocenters. The van der Waals surface area contributed by atoms with Crippen LogP contribution in [0.5, 0.6) is 0 Å². The normalized spacial score (nSPS) is 31.4. The van der Waals surface area contributed by atoms with E-state index < -0.39 is 0 Å². The molecule has 3 aliphatic heterocycles. The number of carbonyl (C=O) groups excluding carboxylic acids is 3. The van der Waals surface area contributed by atoms with Crippen LogP contribution < -0.4 is 48.7 Å². The molecule has 4 aliphatic carbocycles. The fourth-order valence-electron chi connectivity index (χ4n) is 9.85. The topological polar surface area (TPSA) is 110 Å². The molecule has 8 nitrogen and oxygen atoms in total. The molecule has 0 aromatic carbocycles. The van der Waals surface area contributed by atoms with Gasteiger partial charge in [-0.25, -0.2) is 0 Å². The molecule has 0 unspecified atom stereocenters. The second-order valence-electron chi connectivity index (χ2n) is 20.9. The molecule has 7 aliphatic rings. The van der Waals surface area contributed by atoms with Gasteiger partial charge in [0.05, 0.1) is 39.5 Å². The van der Waals surface area contributed by atoms with Crippen LogP contribution in [-0.4, -0.2) is 108 Å². The summed E-state index contributed by atoms with van der Waals surface area (Å²) in [6.45, 7) is 24.1. The summed E-state index contributed by atoms with van der Waals surface area (Å²) in [6, 6.07) is 0.985. The number of rotatable bonds is 3. The van der Waals surface area contributed by atoms with Gasteiger partial charge in [0, 0.05) is 75.0 Å². The summed E-state index contributed by atoms with van der Waals surface area (Å²) in [5, 5.41) is 0. The fraction of sp³-hybridized carbons (Fsp3) is 0.941. The van der Waals surface area contributed by atoms with Crippen LogP contribution in [0.1, 0.15) is 212 Å². The Morgan fingerprint density at radius 3 is 1.19 bits per heavy atom. The maximum atomic E-state index is 11.2. The van der Waals surface area contributed by atoms with Gasteiger partial charge in [0.25, 0.3) is 0 Å². The molecule has 7 rings (SSSR count). The fourth-order valence-corrected chi connectivity index (χ4v) is 9.85. The number of ketones is 3. The van der Waals surface area contributed by atoms with E-state index >= 15 is 0 Å². The van der Waals surface area contributed by atoms with Gasteiger partial charge in [0.1, 0.15) is 17.3 Å². The van der Waals surface area contributed by atoms with Crippen molar-refractivity contribution in [2.24, 2.45) is 35.1 Å². The number of hydrogen-bond donors (Lipinski definition) is 2. The Labute approximate surface area is 439 Å². The van der Waals surface area contributed by atoms with Crippen LogP contribution in [0.2, 0.25) is 0 Å². The number of carbonyl (C=O) groups is 3. The van der Waals surface area contributed by atoms with Crippen molar-refractivity contribution in [2.75, 3.05) is 52.9 Å². The summed E-state index contributed by atoms with van der Waals surface area (Å²) >= 11 is 5.30. The molecule has 4 saturated carbocycles. The van der Waals surface area contributed by atoms with Crippen molar-refractivity contribution in [1.82, 2.24) is 9.80 Å². The van der Waals surface area contributed by atoms with E-state index in [0.29, 0.717) is 53.8 Å². The van der Waals surface area contributed by atoms with Crippen molar-refractivity contribution in [3.8, 4) is 0 Å². The number of likely N-dealkylation sites (tertiary alicyclic amines) is 3. The van der Waals surface area contributed by atoms with Crippen molar-refractivity contribution in [1.29, 1.82) is 0 Å². The standard InChI is InChI=1S/C13H26N2.C13H23NO.C8H16NO.C7H15N.C7H12O.3CH4.I3.HI/c1-11-3-7-13(2,8-4-11)15-9-5-12(14)6-10-15;1-11-3-7-13(2,8-4-11)14-9-5-12(15)6-10-14;1-3-9(2)6-4-8(10)5-7-9;2*1-6-2-4-7(8)5-3-6;;;;1-3-2;/h11-12H,3-10,14H2,1-2H3;11H,3-10H2,1-2H3;3-7H2,1-2H3;6-7H,2-5,8H2,1H3;6H,2-5H2,1H3;3*1H4;;1H/q;;+1;;;;;;-1;/p-1. The molecule has 3 saturated heterocycles. The number of halogens is 4. The van der Waals surface area contributed by atoms with Crippen molar-refractivity contribution in [3.05, 3.63) is 0 Å². The molecule has 0 bridgehead atoms. The Hall–Kier alpha value is 1.73. The Kier molecular flexibility index (Phi) is 40.1. The molecular formula is C51H104I4N5O3-. The maximum Gasteiger partial charge on any atom is -1.00 e. The number of Topliss-reactive ketones (excluding diaryl/α,β-unsaturated/α-hetero) is 3. The van der Waals surface area contributed by atoms with Gasteiger partial charge < -0.3 is 39.9 Å². The molecule has 12 heteroatoms. The minimum absolute atomic E-state index is 0. The van der Waals surface area contributed by atoms with Gasteiger partial charge in [-0.05, 0) is 147 Å². The Bertz CT molecular complexity index is 1140. The van der Waals surface area contributed by atoms with Gasteiger partial charge in [-0.15, -0.1) is 0 Å². The number of quaternary nitrogens is 1. The van der Waals surface area contributed by atoms with Crippen molar-refractivity contribution in [3.63, 3.8) is 0 Å². The molecule has 0 amide bonds. The predicted octanol–water partition coefficient (Wildman–Crippen LogP) is 6.79. The van der Waals surface area contributed by atoms with Gasteiger partial charge >= 0.3 is 50.5 Å². The zero-order valence-corrected chi connectivity index (χ0v) is 48.3. The zero-order chi connectivity index (χ0) is 44.1. The molecule has 380 valence electrons. The first-order valence-corrected chi connectivity index (χ1v) is 36.7. The second kappa shape index (κ2) is 36.6. The van der Waals surface area contributed by atoms with E-state index in [-0.39, 0.29) is 46.3 Å². The van der Waals surface area contributed by atoms with Gasteiger partial charge in [0.15, 0.2) is 0 Å². The third-order valence-corrected chi connectivity index (χ3v) is 15.6. The summed E-state index contributed by atoms with van der Waals surface area (Å²) in [4.78, 5) is 38.0. The molecule has 0 radical (unpaired) electrons. The number of hydrogen-bond acceptors (Lipinski definition) is 7. The van der Waals surface area contributed by atoms with Crippen LogP contribution in [0.25, 0.3) is 0 Å². The average molecular weight is 1340 g/mol.